The van der Waals surface area contributed by atoms with E-state index in [9.17, 15) is 0 Å². The van der Waals surface area contributed by atoms with E-state index in [4.69, 9.17) is 5.26 Å². The minimum Gasteiger partial charge on any atom is -0.198 e. The van der Waals surface area contributed by atoms with Crippen LogP contribution in [0.3, 0.4) is 0 Å². The summed E-state index contributed by atoms with van der Waals surface area (Å²) in [7, 11) is 0. The van der Waals surface area contributed by atoms with Crippen molar-refractivity contribution in [2.45, 2.75) is 37.3 Å². The average molecular weight is 205 g/mol. The highest BCUT2D eigenvalue weighted by molar-refractivity contribution is 8.00. The molecule has 0 aliphatic carbocycles. The van der Waals surface area contributed by atoms with Gasteiger partial charge < -0.3 is 0 Å². The first kappa shape index (κ1) is 11.1. The zero-order valence-corrected chi connectivity index (χ0v) is 9.69. The molecule has 1 unspecified atom stereocenters. The van der Waals surface area contributed by atoms with Crippen LogP contribution in [0.5, 0.6) is 0 Å². The van der Waals surface area contributed by atoms with Gasteiger partial charge in [-0.05, 0) is 25.5 Å². The molecule has 74 valence electrons. The molecule has 0 heterocycles. The highest BCUT2D eigenvalue weighted by atomic mass is 32.2. The first-order valence-electron chi connectivity index (χ1n) is 4.74. The zero-order chi connectivity index (χ0) is 10.6. The van der Waals surface area contributed by atoms with E-state index >= 15 is 0 Å². The van der Waals surface area contributed by atoms with Crippen molar-refractivity contribution in [3.05, 3.63) is 29.3 Å². The van der Waals surface area contributed by atoms with Crippen molar-refractivity contribution in [1.82, 2.24) is 0 Å². The molecule has 14 heavy (non-hydrogen) atoms. The van der Waals surface area contributed by atoms with Gasteiger partial charge in [0.15, 0.2) is 0 Å². The third-order valence-corrected chi connectivity index (χ3v) is 3.31. The average Bonchev–Trinajstić information content (AvgIpc) is 2.12. The maximum atomic E-state index is 8.58. The number of rotatable bonds is 3. The van der Waals surface area contributed by atoms with E-state index in [2.05, 4.69) is 45.0 Å². The summed E-state index contributed by atoms with van der Waals surface area (Å²) < 4.78 is 0. The Morgan fingerprint density at radius 3 is 2.79 bits per heavy atom. The van der Waals surface area contributed by atoms with Gasteiger partial charge >= 0.3 is 0 Å². The molecule has 0 bridgehead atoms. The van der Waals surface area contributed by atoms with Crippen molar-refractivity contribution in [3.63, 3.8) is 0 Å². The molecule has 0 aliphatic heterocycles. The van der Waals surface area contributed by atoms with Gasteiger partial charge in [-0.15, -0.1) is 11.8 Å². The minimum atomic E-state index is 0.375. The number of nitrogens with zero attached hydrogens (tertiary/aromatic N) is 1. The molecule has 0 amide bonds. The lowest BCUT2D eigenvalue weighted by Crippen LogP contribution is -1.94. The molecular weight excluding hydrogens is 190 g/mol. The maximum absolute atomic E-state index is 8.58. The Hall–Kier alpha value is -0.940. The van der Waals surface area contributed by atoms with E-state index in [0.717, 1.165) is 0 Å². The zero-order valence-electron chi connectivity index (χ0n) is 8.87. The Morgan fingerprint density at radius 2 is 2.14 bits per heavy atom. The SMILES string of the molecule is Cc1ccc(C)c(SC(C)CC#N)c1. The molecule has 1 nitrogen and oxygen atoms in total. The van der Waals surface area contributed by atoms with Crippen molar-refractivity contribution in [1.29, 1.82) is 5.26 Å². The van der Waals surface area contributed by atoms with Crippen LogP contribution in [-0.2, 0) is 0 Å². The fourth-order valence-corrected chi connectivity index (χ4v) is 2.32. The molecule has 1 aromatic rings. The van der Waals surface area contributed by atoms with Gasteiger partial charge in [0.25, 0.3) is 0 Å². The summed E-state index contributed by atoms with van der Waals surface area (Å²) >= 11 is 1.79. The van der Waals surface area contributed by atoms with Crippen molar-refractivity contribution in [3.8, 4) is 6.07 Å². The van der Waals surface area contributed by atoms with Gasteiger partial charge in [0, 0.05) is 16.6 Å². The summed E-state index contributed by atoms with van der Waals surface area (Å²) in [5, 5.41) is 8.95. The second-order valence-corrected chi connectivity index (χ2v) is 5.04. The van der Waals surface area contributed by atoms with Crippen LogP contribution in [0.2, 0.25) is 0 Å². The quantitative estimate of drug-likeness (QED) is 0.702. The predicted octanol–water partition coefficient (Wildman–Crippen LogP) is 3.70. The smallest absolute Gasteiger partial charge is 0.0633 e. The lowest BCUT2D eigenvalue weighted by molar-refractivity contribution is 0.987. The van der Waals surface area contributed by atoms with Gasteiger partial charge in [0.05, 0.1) is 6.07 Å². The Balaban J connectivity index is 2.76. The maximum Gasteiger partial charge on any atom is 0.0633 e. The van der Waals surface area contributed by atoms with E-state index in [1.54, 1.807) is 11.8 Å². The van der Waals surface area contributed by atoms with E-state index in [1.165, 1.54) is 16.0 Å². The molecular formula is C12H15NS. The van der Waals surface area contributed by atoms with Crippen molar-refractivity contribution in [2.75, 3.05) is 0 Å². The van der Waals surface area contributed by atoms with Gasteiger partial charge in [-0.2, -0.15) is 5.26 Å². The van der Waals surface area contributed by atoms with Crippen LogP contribution in [0.25, 0.3) is 0 Å². The van der Waals surface area contributed by atoms with Crippen molar-refractivity contribution in [2.24, 2.45) is 0 Å². The fourth-order valence-electron chi connectivity index (χ4n) is 1.22. The van der Waals surface area contributed by atoms with Gasteiger partial charge in [0.1, 0.15) is 0 Å². The highest BCUT2D eigenvalue weighted by Crippen LogP contribution is 2.28. The summed E-state index contributed by atoms with van der Waals surface area (Å²) in [6.07, 6.45) is 0.609. The second-order valence-electron chi connectivity index (χ2n) is 3.56. The lowest BCUT2D eigenvalue weighted by Gasteiger charge is -2.10. The molecule has 0 radical (unpaired) electrons. The first-order chi connectivity index (χ1) is 6.63. The normalized spacial score (nSPS) is 12.1. The molecule has 0 aromatic heterocycles. The molecule has 0 N–H and O–H groups in total. The van der Waals surface area contributed by atoms with Gasteiger partial charge in [-0.3, -0.25) is 0 Å². The molecule has 0 aliphatic rings. The number of benzene rings is 1. The molecule has 1 rings (SSSR count). The summed E-state index contributed by atoms with van der Waals surface area (Å²) in [6, 6.07) is 8.64. The van der Waals surface area contributed by atoms with Crippen molar-refractivity contribution >= 4 is 11.8 Å². The first-order valence-corrected chi connectivity index (χ1v) is 5.62. The topological polar surface area (TPSA) is 23.8 Å². The van der Waals surface area contributed by atoms with E-state index in [1.807, 2.05) is 0 Å². The van der Waals surface area contributed by atoms with E-state index in [0.29, 0.717) is 11.7 Å². The van der Waals surface area contributed by atoms with Crippen LogP contribution in [0.15, 0.2) is 23.1 Å². The van der Waals surface area contributed by atoms with Crippen LogP contribution in [-0.4, -0.2) is 5.25 Å². The second kappa shape index (κ2) is 5.07. The van der Waals surface area contributed by atoms with Crippen LogP contribution in [0, 0.1) is 25.2 Å². The third-order valence-electron chi connectivity index (χ3n) is 2.05. The lowest BCUT2D eigenvalue weighted by atomic mass is 10.2. The number of hydrogen-bond donors (Lipinski definition) is 0. The van der Waals surface area contributed by atoms with Gasteiger partial charge in [0.2, 0.25) is 0 Å². The fraction of sp³-hybridized carbons (Fsp3) is 0.417. The van der Waals surface area contributed by atoms with Crippen LogP contribution >= 0.6 is 11.8 Å². The number of aryl methyl sites for hydroxylation is 2. The predicted molar refractivity (Wildman–Crippen MR) is 61.5 cm³/mol. The number of nitriles is 1. The van der Waals surface area contributed by atoms with Gasteiger partial charge in [-0.1, -0.05) is 24.6 Å². The molecule has 1 aromatic carbocycles. The highest BCUT2D eigenvalue weighted by Gasteiger charge is 2.06. The summed E-state index contributed by atoms with van der Waals surface area (Å²) in [5.41, 5.74) is 2.58. The Labute approximate surface area is 90.1 Å². The molecule has 0 saturated carbocycles. The van der Waals surface area contributed by atoms with Crippen LogP contribution < -0.4 is 0 Å². The molecule has 0 fully saturated rings. The Morgan fingerprint density at radius 1 is 1.43 bits per heavy atom. The van der Waals surface area contributed by atoms with Crippen LogP contribution in [0.4, 0.5) is 0 Å². The monoisotopic (exact) mass is 205 g/mol. The minimum absolute atomic E-state index is 0.375. The Bertz CT molecular complexity index is 352. The van der Waals surface area contributed by atoms with E-state index < -0.39 is 0 Å². The third kappa shape index (κ3) is 3.08. The summed E-state index contributed by atoms with van der Waals surface area (Å²) in [6.45, 7) is 6.30. The molecule has 2 heteroatoms. The summed E-state index contributed by atoms with van der Waals surface area (Å²) in [5.74, 6) is 0. The van der Waals surface area contributed by atoms with Crippen molar-refractivity contribution < 1.29 is 0 Å². The molecule has 0 saturated heterocycles. The Kier molecular flexibility index (Phi) is 4.03. The van der Waals surface area contributed by atoms with Gasteiger partial charge in [-0.25, -0.2) is 0 Å². The van der Waals surface area contributed by atoms with E-state index in [-0.39, 0.29) is 0 Å². The summed E-state index contributed by atoms with van der Waals surface area (Å²) in [4.78, 5) is 1.30. The standard InChI is InChI=1S/C12H15NS/c1-9-4-5-10(2)12(8-9)14-11(3)6-7-13/h4-5,8,11H,6H2,1-3H3. The number of thioether (sulfide) groups is 1. The van der Waals surface area contributed by atoms with Crippen LogP contribution in [0.1, 0.15) is 24.5 Å². The largest absolute Gasteiger partial charge is 0.198 e. The molecule has 0 spiro atoms. The number of hydrogen-bond acceptors (Lipinski definition) is 2. The molecule has 1 atom stereocenters.